The molecule has 1 heterocycles. The van der Waals surface area contributed by atoms with Gasteiger partial charge in [0.05, 0.1) is 6.10 Å². The van der Waals surface area contributed by atoms with Gasteiger partial charge in [-0.15, -0.1) is 10.2 Å². The van der Waals surface area contributed by atoms with E-state index in [1.165, 1.54) is 11.3 Å². The Morgan fingerprint density at radius 3 is 2.54 bits per heavy atom. The molecule has 1 rings (SSSR count). The van der Waals surface area contributed by atoms with E-state index >= 15 is 0 Å². The first-order chi connectivity index (χ1) is 6.09. The molecule has 0 radical (unpaired) electrons. The normalized spacial score (nSPS) is 13.3. The van der Waals surface area contributed by atoms with E-state index in [1.54, 1.807) is 6.92 Å². The molecule has 13 heavy (non-hydrogen) atoms. The molecule has 1 aromatic rings. The number of anilines is 1. The van der Waals surface area contributed by atoms with Crippen LogP contribution in [-0.2, 0) is 0 Å². The van der Waals surface area contributed by atoms with Crippen molar-refractivity contribution in [3.05, 3.63) is 5.01 Å². The van der Waals surface area contributed by atoms with Crippen LogP contribution in [0, 0.1) is 0 Å². The summed E-state index contributed by atoms with van der Waals surface area (Å²) >= 11 is 1.54. The van der Waals surface area contributed by atoms with Crippen molar-refractivity contribution in [3.63, 3.8) is 0 Å². The Kier molecular flexibility index (Phi) is 3.62. The predicted molar refractivity (Wildman–Crippen MR) is 54.2 cm³/mol. The molecule has 2 N–H and O–H groups in total. The predicted octanol–water partition coefficient (Wildman–Crippen LogP) is 1.45. The molecule has 0 saturated carbocycles. The van der Waals surface area contributed by atoms with Gasteiger partial charge in [-0.3, -0.25) is 0 Å². The van der Waals surface area contributed by atoms with Gasteiger partial charge < -0.3 is 10.4 Å². The minimum Gasteiger partial charge on any atom is -0.392 e. The van der Waals surface area contributed by atoms with E-state index in [1.807, 2.05) is 0 Å². The number of aliphatic hydroxyl groups excluding tert-OH is 1. The van der Waals surface area contributed by atoms with E-state index in [-0.39, 0.29) is 6.10 Å². The Balaban J connectivity index is 2.49. The lowest BCUT2D eigenvalue weighted by atomic mass is 10.2. The van der Waals surface area contributed by atoms with Crippen molar-refractivity contribution in [1.82, 2.24) is 10.2 Å². The van der Waals surface area contributed by atoms with Crippen LogP contribution in [-0.4, -0.2) is 28.0 Å². The van der Waals surface area contributed by atoms with Gasteiger partial charge in [0, 0.05) is 12.5 Å². The first kappa shape index (κ1) is 10.4. The number of aromatic nitrogens is 2. The van der Waals surface area contributed by atoms with Crippen molar-refractivity contribution in [2.45, 2.75) is 32.8 Å². The van der Waals surface area contributed by atoms with Crippen LogP contribution in [0.2, 0.25) is 0 Å². The third-order valence-corrected chi connectivity index (χ3v) is 2.66. The summed E-state index contributed by atoms with van der Waals surface area (Å²) < 4.78 is 0. The number of rotatable bonds is 4. The van der Waals surface area contributed by atoms with Crippen molar-refractivity contribution < 1.29 is 5.11 Å². The zero-order chi connectivity index (χ0) is 9.84. The van der Waals surface area contributed by atoms with Crippen LogP contribution in [0.4, 0.5) is 5.13 Å². The molecular weight excluding hydrogens is 186 g/mol. The van der Waals surface area contributed by atoms with Crippen LogP contribution >= 0.6 is 11.3 Å². The Labute approximate surface area is 82.0 Å². The van der Waals surface area contributed by atoms with E-state index in [4.69, 9.17) is 5.11 Å². The van der Waals surface area contributed by atoms with Gasteiger partial charge in [0.1, 0.15) is 5.01 Å². The second-order valence-electron chi connectivity index (χ2n) is 3.33. The van der Waals surface area contributed by atoms with Gasteiger partial charge >= 0.3 is 0 Å². The first-order valence-corrected chi connectivity index (χ1v) is 5.16. The molecule has 1 atom stereocenters. The molecule has 0 fully saturated rings. The first-order valence-electron chi connectivity index (χ1n) is 4.35. The topological polar surface area (TPSA) is 58.0 Å². The highest BCUT2D eigenvalue weighted by Gasteiger charge is 2.07. The second kappa shape index (κ2) is 4.53. The SMILES string of the molecule is CC(C)c1nnc(NC[C@@H](C)O)s1. The van der Waals surface area contributed by atoms with Crippen LogP contribution in [0.3, 0.4) is 0 Å². The Hall–Kier alpha value is -0.680. The largest absolute Gasteiger partial charge is 0.392 e. The van der Waals surface area contributed by atoms with Gasteiger partial charge in [-0.2, -0.15) is 0 Å². The summed E-state index contributed by atoms with van der Waals surface area (Å²) in [6, 6.07) is 0. The minimum atomic E-state index is -0.355. The molecule has 0 unspecified atom stereocenters. The molecule has 0 saturated heterocycles. The molecule has 1 aromatic heterocycles. The molecule has 5 heteroatoms. The summed E-state index contributed by atoms with van der Waals surface area (Å²) in [5.74, 6) is 0.416. The van der Waals surface area contributed by atoms with E-state index in [0.29, 0.717) is 12.5 Å². The molecule has 4 nitrogen and oxygen atoms in total. The van der Waals surface area contributed by atoms with E-state index < -0.39 is 0 Å². The fourth-order valence-electron chi connectivity index (χ4n) is 0.774. The molecule has 0 aromatic carbocycles. The fraction of sp³-hybridized carbons (Fsp3) is 0.750. The van der Waals surface area contributed by atoms with Crippen molar-refractivity contribution in [1.29, 1.82) is 0 Å². The standard InChI is InChI=1S/C8H15N3OS/c1-5(2)7-10-11-8(13-7)9-4-6(3)12/h5-6,12H,4H2,1-3H3,(H,9,11)/t6-/m1/s1. The van der Waals surface area contributed by atoms with Crippen LogP contribution in [0.25, 0.3) is 0 Å². The van der Waals surface area contributed by atoms with Crippen LogP contribution < -0.4 is 5.32 Å². The molecule has 0 aliphatic heterocycles. The van der Waals surface area contributed by atoms with Crippen LogP contribution in [0.5, 0.6) is 0 Å². The minimum absolute atomic E-state index is 0.355. The smallest absolute Gasteiger partial charge is 0.205 e. The third kappa shape index (κ3) is 3.28. The number of hydrogen-bond donors (Lipinski definition) is 2. The van der Waals surface area contributed by atoms with Crippen molar-refractivity contribution in [3.8, 4) is 0 Å². The second-order valence-corrected chi connectivity index (χ2v) is 4.34. The maximum absolute atomic E-state index is 9.02. The van der Waals surface area contributed by atoms with Gasteiger partial charge in [0.25, 0.3) is 0 Å². The Morgan fingerprint density at radius 2 is 2.08 bits per heavy atom. The zero-order valence-corrected chi connectivity index (χ0v) is 8.93. The fourth-order valence-corrected chi connectivity index (χ4v) is 1.53. The summed E-state index contributed by atoms with van der Waals surface area (Å²) in [4.78, 5) is 0. The molecule has 0 aliphatic carbocycles. The Morgan fingerprint density at radius 1 is 1.38 bits per heavy atom. The molecule has 0 bridgehead atoms. The average Bonchev–Trinajstić information content (AvgIpc) is 2.48. The van der Waals surface area contributed by atoms with Gasteiger partial charge in [-0.25, -0.2) is 0 Å². The summed E-state index contributed by atoms with van der Waals surface area (Å²) in [6.45, 7) is 6.42. The van der Waals surface area contributed by atoms with Gasteiger partial charge in [0.15, 0.2) is 0 Å². The number of hydrogen-bond acceptors (Lipinski definition) is 5. The summed E-state index contributed by atoms with van der Waals surface area (Å²) in [6.07, 6.45) is -0.355. The number of nitrogens with one attached hydrogen (secondary N) is 1. The highest BCUT2D eigenvalue weighted by Crippen LogP contribution is 2.21. The van der Waals surface area contributed by atoms with Gasteiger partial charge in [0.2, 0.25) is 5.13 Å². The van der Waals surface area contributed by atoms with Crippen LogP contribution in [0.1, 0.15) is 31.7 Å². The highest BCUT2D eigenvalue weighted by atomic mass is 32.1. The number of aliphatic hydroxyl groups is 1. The van der Waals surface area contributed by atoms with Gasteiger partial charge in [-0.05, 0) is 6.92 Å². The molecule has 0 spiro atoms. The molecular formula is C8H15N3OS. The average molecular weight is 201 g/mol. The quantitative estimate of drug-likeness (QED) is 0.774. The van der Waals surface area contributed by atoms with Crippen LogP contribution in [0.15, 0.2) is 0 Å². The lowest BCUT2D eigenvalue weighted by molar-refractivity contribution is 0.208. The lowest BCUT2D eigenvalue weighted by Gasteiger charge is -2.03. The van der Waals surface area contributed by atoms with Crippen molar-refractivity contribution in [2.75, 3.05) is 11.9 Å². The summed E-state index contributed by atoms with van der Waals surface area (Å²) in [5, 5.41) is 21.8. The molecule has 0 amide bonds. The van der Waals surface area contributed by atoms with E-state index in [2.05, 4.69) is 29.4 Å². The molecule has 74 valence electrons. The van der Waals surface area contributed by atoms with E-state index in [0.717, 1.165) is 10.1 Å². The third-order valence-electron chi connectivity index (χ3n) is 1.48. The highest BCUT2D eigenvalue weighted by molar-refractivity contribution is 7.15. The Bertz CT molecular complexity index is 260. The van der Waals surface area contributed by atoms with E-state index in [9.17, 15) is 0 Å². The zero-order valence-electron chi connectivity index (χ0n) is 8.11. The molecule has 0 aliphatic rings. The maximum Gasteiger partial charge on any atom is 0.205 e. The van der Waals surface area contributed by atoms with Crippen molar-refractivity contribution in [2.24, 2.45) is 0 Å². The summed E-state index contributed by atoms with van der Waals surface area (Å²) in [5.41, 5.74) is 0. The lowest BCUT2D eigenvalue weighted by Crippen LogP contribution is -2.14. The van der Waals surface area contributed by atoms with Gasteiger partial charge in [-0.1, -0.05) is 25.2 Å². The maximum atomic E-state index is 9.02. The summed E-state index contributed by atoms with van der Waals surface area (Å²) in [7, 11) is 0. The van der Waals surface area contributed by atoms with Crippen molar-refractivity contribution >= 4 is 16.5 Å². The monoisotopic (exact) mass is 201 g/mol. The number of nitrogens with zero attached hydrogens (tertiary/aromatic N) is 2.